The van der Waals surface area contributed by atoms with E-state index >= 15 is 0 Å². The second-order valence-electron chi connectivity index (χ2n) is 6.69. The number of oxazole rings is 1. The van der Waals surface area contributed by atoms with Crippen molar-refractivity contribution < 1.29 is 7.20 Å². The number of para-hydroxylation sites is 1. The Balaban J connectivity index is 1.87. The number of fused-ring (bicyclic) bond motifs is 3. The molecule has 0 aliphatic heterocycles. The molecule has 0 aliphatic rings. The minimum absolute atomic E-state index is 0.715. The van der Waals surface area contributed by atoms with Gasteiger partial charge in [0.05, 0.1) is 10.3 Å². The van der Waals surface area contributed by atoms with E-state index in [1.54, 1.807) is 11.3 Å². The smallest absolute Gasteiger partial charge is 0.304 e. The molecule has 4 nitrogen and oxygen atoms in total. The third-order valence-electron chi connectivity index (χ3n) is 4.89. The van der Waals surface area contributed by atoms with Gasteiger partial charge in [-0.25, -0.2) is 4.98 Å². The van der Waals surface area contributed by atoms with Crippen LogP contribution in [0.15, 0.2) is 53.2 Å². The summed E-state index contributed by atoms with van der Waals surface area (Å²) in [6.07, 6.45) is 4.23. The highest BCUT2D eigenvalue weighted by Crippen LogP contribution is 2.41. The summed E-state index contributed by atoms with van der Waals surface area (Å²) < 4.78 is 11.5. The molecule has 6 heteroatoms. The third kappa shape index (κ3) is 2.54. The number of aromatic nitrogens is 3. The molecule has 0 unspecified atom stereocenters. The van der Waals surface area contributed by atoms with Crippen LogP contribution in [0.1, 0.15) is 17.0 Å². The van der Waals surface area contributed by atoms with E-state index in [-0.39, 0.29) is 0 Å². The average molecular weight is 486 g/mol. The minimum atomic E-state index is 0.715. The van der Waals surface area contributed by atoms with E-state index in [0.717, 1.165) is 21.6 Å². The fourth-order valence-corrected chi connectivity index (χ4v) is 5.46. The normalized spacial score (nSPS) is 11.7. The van der Waals surface area contributed by atoms with E-state index in [9.17, 15) is 0 Å². The predicted octanol–water partition coefficient (Wildman–Crippen LogP) is 5.91. The van der Waals surface area contributed by atoms with Crippen molar-refractivity contribution in [2.24, 2.45) is 0 Å². The van der Waals surface area contributed by atoms with E-state index < -0.39 is 0 Å². The van der Waals surface area contributed by atoms with Gasteiger partial charge in [0.1, 0.15) is 23.6 Å². The van der Waals surface area contributed by atoms with E-state index in [2.05, 4.69) is 97.8 Å². The first kappa shape index (κ1) is 16.9. The maximum Gasteiger partial charge on any atom is 0.304 e. The summed E-state index contributed by atoms with van der Waals surface area (Å²) >= 11 is 4.04. The molecule has 0 fully saturated rings. The Labute approximate surface area is 174 Å². The number of nitrogens with zero attached hydrogens (tertiary/aromatic N) is 3. The molecule has 3 aromatic heterocycles. The summed E-state index contributed by atoms with van der Waals surface area (Å²) in [7, 11) is 0. The van der Waals surface area contributed by atoms with Crippen molar-refractivity contribution in [3.8, 4) is 17.1 Å². The van der Waals surface area contributed by atoms with Gasteiger partial charge in [-0.3, -0.25) is 0 Å². The van der Waals surface area contributed by atoms with Crippen molar-refractivity contribution in [3.05, 3.63) is 65.8 Å². The summed E-state index contributed by atoms with van der Waals surface area (Å²) in [5, 5.41) is 1.15. The standard InChI is InChI=1S/C21H17IN3OS/c1-12-6-4-5-7-16(12)24-10-11-25(22)20(24)17-13(2)8-9-15-18-21(27-19(15)17)26-14(3)23-18/h4-11H,1-3H3/q+1. The van der Waals surface area contributed by atoms with Crippen LogP contribution in [0.5, 0.6) is 0 Å². The minimum Gasteiger partial charge on any atom is -0.430 e. The lowest BCUT2D eigenvalue weighted by atomic mass is 10.0. The molecular formula is C21H17IN3OS+. The van der Waals surface area contributed by atoms with Gasteiger partial charge in [-0.15, -0.1) is 0 Å². The third-order valence-corrected chi connectivity index (χ3v) is 6.76. The molecule has 27 heavy (non-hydrogen) atoms. The molecule has 0 amide bonds. The first-order valence-corrected chi connectivity index (χ1v) is 10.5. The fourth-order valence-electron chi connectivity index (χ4n) is 3.62. The molecule has 5 aromatic rings. The highest BCUT2D eigenvalue weighted by Gasteiger charge is 2.27. The van der Waals surface area contributed by atoms with Crippen LogP contribution in [0, 0.1) is 20.8 Å². The largest absolute Gasteiger partial charge is 0.430 e. The molecule has 5 rings (SSSR count). The molecular weight excluding hydrogens is 469 g/mol. The van der Waals surface area contributed by atoms with Gasteiger partial charge in [0, 0.05) is 12.3 Å². The lowest BCUT2D eigenvalue weighted by Crippen LogP contribution is -2.21. The Morgan fingerprint density at radius 2 is 1.89 bits per heavy atom. The molecule has 0 atom stereocenters. The monoisotopic (exact) mass is 486 g/mol. The summed E-state index contributed by atoms with van der Waals surface area (Å²) in [6.45, 7) is 6.21. The first-order chi connectivity index (χ1) is 13.0. The Bertz CT molecular complexity index is 1330. The Hall–Kier alpha value is -2.19. The van der Waals surface area contributed by atoms with Crippen LogP contribution >= 0.6 is 34.2 Å². The van der Waals surface area contributed by atoms with Crippen LogP contribution in [0.25, 0.3) is 37.6 Å². The van der Waals surface area contributed by atoms with Crippen molar-refractivity contribution in [3.63, 3.8) is 0 Å². The van der Waals surface area contributed by atoms with Crippen LogP contribution in [0.3, 0.4) is 0 Å². The van der Waals surface area contributed by atoms with Gasteiger partial charge in [0.25, 0.3) is 0 Å². The number of benzene rings is 2. The van der Waals surface area contributed by atoms with Gasteiger partial charge < -0.3 is 4.42 Å². The lowest BCUT2D eigenvalue weighted by Gasteiger charge is -2.08. The topological polar surface area (TPSA) is 34.8 Å². The highest BCUT2D eigenvalue weighted by atomic mass is 127. The zero-order valence-electron chi connectivity index (χ0n) is 15.2. The predicted molar refractivity (Wildman–Crippen MR) is 118 cm³/mol. The number of rotatable bonds is 2. The Morgan fingerprint density at radius 1 is 1.07 bits per heavy atom. The summed E-state index contributed by atoms with van der Waals surface area (Å²) in [5.41, 5.74) is 5.86. The maximum absolute atomic E-state index is 5.82. The maximum atomic E-state index is 5.82. The number of halogens is 1. The van der Waals surface area contributed by atoms with Gasteiger partial charge in [-0.2, -0.15) is 7.35 Å². The van der Waals surface area contributed by atoms with E-state index in [4.69, 9.17) is 4.42 Å². The SMILES string of the molecule is Cc1nc2c(o1)sc1c(-c3n(-c4ccccc4C)cc[n+]3I)c(C)ccc12. The average Bonchev–Trinajstić information content (AvgIpc) is 3.28. The highest BCUT2D eigenvalue weighted by molar-refractivity contribution is 14.1. The van der Waals surface area contributed by atoms with Crippen molar-refractivity contribution in [1.82, 2.24) is 9.55 Å². The quantitative estimate of drug-likeness (QED) is 0.291. The summed E-state index contributed by atoms with van der Waals surface area (Å²) in [6, 6.07) is 12.8. The molecule has 0 saturated heterocycles. The van der Waals surface area contributed by atoms with Gasteiger partial charge in [0.15, 0.2) is 5.89 Å². The number of thiophene rings is 1. The lowest BCUT2D eigenvalue weighted by molar-refractivity contribution is -0.425. The zero-order chi connectivity index (χ0) is 18.7. The van der Waals surface area contributed by atoms with E-state index in [1.165, 1.54) is 27.1 Å². The van der Waals surface area contributed by atoms with Crippen molar-refractivity contribution in [1.29, 1.82) is 0 Å². The van der Waals surface area contributed by atoms with Crippen LogP contribution in [0.4, 0.5) is 0 Å². The second-order valence-corrected chi connectivity index (χ2v) is 8.72. The van der Waals surface area contributed by atoms with E-state index in [0.29, 0.717) is 5.89 Å². The van der Waals surface area contributed by atoms with Gasteiger partial charge in [-0.05, 0) is 31.0 Å². The molecule has 3 heterocycles. The van der Waals surface area contributed by atoms with Gasteiger partial charge in [-0.1, -0.05) is 41.7 Å². The van der Waals surface area contributed by atoms with Crippen LogP contribution in [-0.2, 0) is 0 Å². The molecule has 0 N–H and O–H groups in total. The fraction of sp³-hybridized carbons (Fsp3) is 0.143. The summed E-state index contributed by atoms with van der Waals surface area (Å²) in [5.74, 6) is 1.86. The zero-order valence-corrected chi connectivity index (χ0v) is 18.1. The Morgan fingerprint density at radius 3 is 2.70 bits per heavy atom. The Kier molecular flexibility index (Phi) is 3.87. The van der Waals surface area contributed by atoms with Crippen molar-refractivity contribution in [2.75, 3.05) is 0 Å². The molecule has 0 aliphatic carbocycles. The number of imidazole rings is 1. The molecule has 0 saturated carbocycles. The molecule has 2 aromatic carbocycles. The summed E-state index contributed by atoms with van der Waals surface area (Å²) in [4.78, 5) is 5.49. The first-order valence-electron chi connectivity index (χ1n) is 8.69. The van der Waals surface area contributed by atoms with Gasteiger partial charge >= 0.3 is 5.82 Å². The van der Waals surface area contributed by atoms with Crippen LogP contribution in [-0.4, -0.2) is 9.55 Å². The molecule has 0 bridgehead atoms. The number of hydrogen-bond donors (Lipinski definition) is 0. The second kappa shape index (κ2) is 6.17. The number of hydrogen-bond acceptors (Lipinski definition) is 3. The van der Waals surface area contributed by atoms with E-state index in [1.807, 2.05) is 6.92 Å². The van der Waals surface area contributed by atoms with Crippen LogP contribution < -0.4 is 2.78 Å². The van der Waals surface area contributed by atoms with Gasteiger partial charge in [0.2, 0.25) is 27.8 Å². The molecule has 134 valence electrons. The van der Waals surface area contributed by atoms with Crippen molar-refractivity contribution in [2.45, 2.75) is 20.8 Å². The van der Waals surface area contributed by atoms with Crippen molar-refractivity contribution >= 4 is 54.7 Å². The molecule has 0 spiro atoms. The number of aryl methyl sites for hydroxylation is 3. The molecule has 0 radical (unpaired) electrons. The van der Waals surface area contributed by atoms with Crippen LogP contribution in [0.2, 0.25) is 0 Å².